The minimum Gasteiger partial charge on any atom is -0.338 e. The van der Waals surface area contributed by atoms with Crippen LogP contribution in [-0.2, 0) is 24.3 Å². The van der Waals surface area contributed by atoms with Crippen LogP contribution in [0.2, 0.25) is 0 Å². The highest BCUT2D eigenvalue weighted by Crippen LogP contribution is 2.21. The van der Waals surface area contributed by atoms with E-state index in [4.69, 9.17) is 0 Å². The molecule has 1 saturated heterocycles. The van der Waals surface area contributed by atoms with E-state index in [1.165, 1.54) is 28.1 Å². The monoisotopic (exact) mass is 337 g/mol. The predicted molar refractivity (Wildman–Crippen MR) is 95.7 cm³/mol. The number of hydrogen-bond acceptors (Lipinski definition) is 1. The van der Waals surface area contributed by atoms with Crippen molar-refractivity contribution in [3.05, 3.63) is 65.5 Å². The zero-order valence-electron chi connectivity index (χ0n) is 14.7. The number of benzene rings is 1. The second-order valence-electron chi connectivity index (χ2n) is 7.41. The van der Waals surface area contributed by atoms with Gasteiger partial charge >= 0.3 is 0 Å². The van der Waals surface area contributed by atoms with E-state index in [2.05, 4.69) is 46.3 Å². The van der Waals surface area contributed by atoms with E-state index in [1.807, 2.05) is 12.4 Å². The predicted octanol–water partition coefficient (Wildman–Crippen LogP) is 0.881. The summed E-state index contributed by atoms with van der Waals surface area (Å²) < 4.78 is 0. The van der Waals surface area contributed by atoms with Crippen molar-refractivity contribution in [2.75, 3.05) is 19.6 Å². The van der Waals surface area contributed by atoms with Gasteiger partial charge in [-0.15, -0.1) is 0 Å². The fourth-order valence-electron chi connectivity index (χ4n) is 4.29. The molecule has 0 aliphatic carbocycles. The third-order valence-corrected chi connectivity index (χ3v) is 5.65. The number of carbonyl (C=O) groups is 1. The number of likely N-dealkylation sites (tertiary alicyclic amines) is 1. The fraction of sp³-hybridized carbons (Fsp3) is 0.429. The van der Waals surface area contributed by atoms with Crippen LogP contribution < -0.4 is 9.88 Å². The molecule has 1 amide bonds. The van der Waals surface area contributed by atoms with Crippen molar-refractivity contribution in [1.29, 1.82) is 0 Å². The second kappa shape index (κ2) is 7.36. The van der Waals surface area contributed by atoms with Gasteiger partial charge in [-0.2, -0.15) is 0 Å². The van der Waals surface area contributed by atoms with Crippen molar-refractivity contribution < 1.29 is 14.7 Å². The number of aromatic amines is 1. The molecule has 2 aromatic rings. The van der Waals surface area contributed by atoms with Crippen molar-refractivity contribution in [3.63, 3.8) is 0 Å². The van der Waals surface area contributed by atoms with Gasteiger partial charge in [0.1, 0.15) is 6.54 Å². The Balaban J connectivity index is 1.39. The first kappa shape index (κ1) is 16.3. The van der Waals surface area contributed by atoms with Gasteiger partial charge in [-0.05, 0) is 30.4 Å². The van der Waals surface area contributed by atoms with Crippen LogP contribution in [0.3, 0.4) is 0 Å². The maximum atomic E-state index is 13.1. The normalized spacial score (nSPS) is 23.1. The van der Waals surface area contributed by atoms with Gasteiger partial charge in [0.25, 0.3) is 0 Å². The van der Waals surface area contributed by atoms with Gasteiger partial charge in [0.15, 0.2) is 12.4 Å². The number of nitrogens with one attached hydrogen (secondary N) is 2. The minimum atomic E-state index is 0.185. The molecule has 130 valence electrons. The van der Waals surface area contributed by atoms with E-state index in [-0.39, 0.29) is 5.92 Å². The van der Waals surface area contributed by atoms with Gasteiger partial charge in [-0.25, -0.2) is 4.98 Å². The topological polar surface area (TPSA) is 38.9 Å². The number of quaternary nitrogens is 1. The van der Waals surface area contributed by atoms with E-state index in [9.17, 15) is 4.79 Å². The lowest BCUT2D eigenvalue weighted by Crippen LogP contribution is -3.12. The molecule has 2 atom stereocenters. The molecule has 1 aromatic heterocycles. The first-order valence-corrected chi connectivity index (χ1v) is 9.44. The number of rotatable bonds is 3. The van der Waals surface area contributed by atoms with Crippen LogP contribution in [0.25, 0.3) is 0 Å². The quantitative estimate of drug-likeness (QED) is 0.887. The summed E-state index contributed by atoms with van der Waals surface area (Å²) in [5.41, 5.74) is 4.07. The summed E-state index contributed by atoms with van der Waals surface area (Å²) >= 11 is 0. The van der Waals surface area contributed by atoms with Gasteiger partial charge in [0.2, 0.25) is 5.91 Å². The molecule has 3 heterocycles. The van der Waals surface area contributed by atoms with E-state index in [1.54, 1.807) is 0 Å². The van der Waals surface area contributed by atoms with Crippen LogP contribution in [0, 0.1) is 5.92 Å². The van der Waals surface area contributed by atoms with E-state index >= 15 is 0 Å². The Morgan fingerprint density at radius 2 is 1.96 bits per heavy atom. The highest BCUT2D eigenvalue weighted by molar-refractivity contribution is 5.79. The molecule has 1 aromatic carbocycles. The number of pyridine rings is 1. The van der Waals surface area contributed by atoms with Gasteiger partial charge < -0.3 is 9.80 Å². The third-order valence-electron chi connectivity index (χ3n) is 5.65. The standard InChI is InChI=1S/C21H25N3O/c25-21(24-13-9-18-4-1-2-5-19(18)16-24)20-6-3-12-23(15-20)14-17-7-10-22-11-8-17/h1-2,4-5,7-8,10-11,20H,3,6,9,12-16H2/p+2. The number of hydrogen-bond donors (Lipinski definition) is 1. The highest BCUT2D eigenvalue weighted by atomic mass is 16.2. The highest BCUT2D eigenvalue weighted by Gasteiger charge is 2.33. The van der Waals surface area contributed by atoms with Crippen LogP contribution in [0.4, 0.5) is 0 Å². The largest absolute Gasteiger partial charge is 0.338 e. The smallest absolute Gasteiger partial charge is 0.231 e. The molecule has 0 radical (unpaired) electrons. The zero-order valence-corrected chi connectivity index (χ0v) is 14.7. The Morgan fingerprint density at radius 3 is 2.80 bits per heavy atom. The van der Waals surface area contributed by atoms with Gasteiger partial charge in [0, 0.05) is 30.8 Å². The summed E-state index contributed by atoms with van der Waals surface area (Å²) in [5.74, 6) is 0.553. The second-order valence-corrected chi connectivity index (χ2v) is 7.41. The zero-order chi connectivity index (χ0) is 17.1. The van der Waals surface area contributed by atoms with Crippen molar-refractivity contribution in [2.45, 2.75) is 32.4 Å². The van der Waals surface area contributed by atoms with E-state index < -0.39 is 0 Å². The first-order chi connectivity index (χ1) is 12.3. The third kappa shape index (κ3) is 3.74. The van der Waals surface area contributed by atoms with Gasteiger partial charge in [-0.3, -0.25) is 4.79 Å². The minimum absolute atomic E-state index is 0.185. The molecule has 4 heteroatoms. The van der Waals surface area contributed by atoms with Crippen LogP contribution >= 0.6 is 0 Å². The first-order valence-electron chi connectivity index (χ1n) is 9.44. The van der Waals surface area contributed by atoms with Crippen LogP contribution in [0.15, 0.2) is 48.8 Å². The summed E-state index contributed by atoms with van der Waals surface area (Å²) in [6.45, 7) is 4.81. The molecule has 4 nitrogen and oxygen atoms in total. The SMILES string of the molecule is O=C(C1CCC[NH+](Cc2cc[nH+]cc2)C1)N1CCc2ccccc2C1. The molecule has 0 spiro atoms. The number of carbonyl (C=O) groups excluding carboxylic acids is 1. The molecule has 2 aliphatic rings. The van der Waals surface area contributed by atoms with Crippen LogP contribution in [0.1, 0.15) is 29.5 Å². The summed E-state index contributed by atoms with van der Waals surface area (Å²) in [7, 11) is 0. The Hall–Kier alpha value is -2.20. The molecule has 25 heavy (non-hydrogen) atoms. The Kier molecular flexibility index (Phi) is 4.79. The van der Waals surface area contributed by atoms with Gasteiger partial charge in [-0.1, -0.05) is 24.3 Å². The number of aromatic nitrogens is 1. The summed E-state index contributed by atoms with van der Waals surface area (Å²) in [6, 6.07) is 12.8. The molecule has 2 unspecified atom stereocenters. The van der Waals surface area contributed by atoms with Crippen molar-refractivity contribution in [2.24, 2.45) is 5.92 Å². The number of H-pyrrole nitrogens is 1. The molecule has 0 saturated carbocycles. The average molecular weight is 337 g/mol. The Labute approximate surface area is 149 Å². The molecule has 2 aliphatic heterocycles. The van der Waals surface area contributed by atoms with Crippen LogP contribution in [-0.4, -0.2) is 30.4 Å². The maximum absolute atomic E-state index is 13.1. The number of piperidine rings is 1. The molecular weight excluding hydrogens is 310 g/mol. The Morgan fingerprint density at radius 1 is 1.16 bits per heavy atom. The van der Waals surface area contributed by atoms with Crippen molar-refractivity contribution >= 4 is 5.91 Å². The maximum Gasteiger partial charge on any atom is 0.231 e. The van der Waals surface area contributed by atoms with E-state index in [0.717, 1.165) is 45.4 Å². The Bertz CT molecular complexity index is 731. The molecule has 2 N–H and O–H groups in total. The lowest BCUT2D eigenvalue weighted by atomic mass is 9.93. The lowest BCUT2D eigenvalue weighted by molar-refractivity contribution is -0.921. The van der Waals surface area contributed by atoms with Crippen molar-refractivity contribution in [3.8, 4) is 0 Å². The fourth-order valence-corrected chi connectivity index (χ4v) is 4.29. The number of amides is 1. The molecular formula is C21H27N3O+2. The number of nitrogens with zero attached hydrogens (tertiary/aromatic N) is 1. The molecule has 4 rings (SSSR count). The average Bonchev–Trinajstić information content (AvgIpc) is 2.68. The number of fused-ring (bicyclic) bond motifs is 1. The summed E-state index contributed by atoms with van der Waals surface area (Å²) in [6.07, 6.45) is 7.14. The van der Waals surface area contributed by atoms with E-state index in [0.29, 0.717) is 5.91 Å². The molecule has 0 bridgehead atoms. The molecule has 1 fully saturated rings. The van der Waals surface area contributed by atoms with Crippen LogP contribution in [0.5, 0.6) is 0 Å². The van der Waals surface area contributed by atoms with Crippen molar-refractivity contribution in [1.82, 2.24) is 4.90 Å². The summed E-state index contributed by atoms with van der Waals surface area (Å²) in [5, 5.41) is 0. The summed E-state index contributed by atoms with van der Waals surface area (Å²) in [4.78, 5) is 19.8. The lowest BCUT2D eigenvalue weighted by Gasteiger charge is -2.35. The van der Waals surface area contributed by atoms with Gasteiger partial charge in [0.05, 0.1) is 19.0 Å².